The maximum absolute atomic E-state index is 11.6. The van der Waals surface area contributed by atoms with Gasteiger partial charge in [0.25, 0.3) is 0 Å². The predicted molar refractivity (Wildman–Crippen MR) is 97.4 cm³/mol. The predicted octanol–water partition coefficient (Wildman–Crippen LogP) is -0.0942. The van der Waals surface area contributed by atoms with Gasteiger partial charge in [-0.05, 0) is 19.4 Å². The molecule has 0 aliphatic carbocycles. The Morgan fingerprint density at radius 2 is 2.08 bits per heavy atom. The topological polar surface area (TPSA) is 105 Å². The van der Waals surface area contributed by atoms with E-state index >= 15 is 0 Å². The molecule has 2 aromatic heterocycles. The van der Waals surface area contributed by atoms with Crippen LogP contribution in [0.5, 0.6) is 0 Å². The lowest BCUT2D eigenvalue weighted by Gasteiger charge is -2.25. The summed E-state index contributed by atoms with van der Waals surface area (Å²) in [6, 6.07) is 4.11. The zero-order chi connectivity index (χ0) is 18.1. The number of carbonyl (C=O) groups excluding carboxylic acids is 1. The van der Waals surface area contributed by atoms with Crippen LogP contribution < -0.4 is 16.0 Å². The highest BCUT2D eigenvalue weighted by Crippen LogP contribution is 2.21. The van der Waals surface area contributed by atoms with E-state index in [1.54, 1.807) is 0 Å². The minimum absolute atomic E-state index is 0.0833. The number of nitrogens with one attached hydrogen (secondary N) is 1. The molecule has 1 saturated heterocycles. The molecule has 9 heteroatoms. The second-order valence-electron chi connectivity index (χ2n) is 6.91. The fourth-order valence-electron chi connectivity index (χ4n) is 3.59. The molecule has 0 aromatic carbocycles. The third kappa shape index (κ3) is 3.62. The Morgan fingerprint density at radius 1 is 1.19 bits per heavy atom. The molecule has 0 unspecified atom stereocenters. The van der Waals surface area contributed by atoms with Gasteiger partial charge in [-0.3, -0.25) is 14.4 Å². The van der Waals surface area contributed by atoms with E-state index in [9.17, 15) is 4.79 Å². The first-order valence-electron chi connectivity index (χ1n) is 8.97. The number of fused-ring (bicyclic) bond motifs is 1. The van der Waals surface area contributed by atoms with Crippen molar-refractivity contribution in [2.75, 3.05) is 36.8 Å². The minimum Gasteiger partial charge on any atom is -0.368 e. The van der Waals surface area contributed by atoms with Crippen molar-refractivity contribution in [2.45, 2.75) is 33.0 Å². The number of carbonyl (C=O) groups is 1. The van der Waals surface area contributed by atoms with E-state index in [0.29, 0.717) is 25.6 Å². The molecular formula is C17H24N8O. The summed E-state index contributed by atoms with van der Waals surface area (Å²) in [5, 5.41) is 7.61. The molecule has 1 amide bonds. The molecule has 0 atom stereocenters. The quantitative estimate of drug-likeness (QED) is 0.791. The first-order valence-corrected chi connectivity index (χ1v) is 8.97. The summed E-state index contributed by atoms with van der Waals surface area (Å²) in [6.07, 6.45) is 0.989. The third-order valence-electron chi connectivity index (χ3n) is 4.75. The van der Waals surface area contributed by atoms with Gasteiger partial charge in [-0.1, -0.05) is 0 Å². The van der Waals surface area contributed by atoms with Crippen molar-refractivity contribution in [3.8, 4) is 0 Å². The summed E-state index contributed by atoms with van der Waals surface area (Å²) in [7, 11) is 0. The molecule has 3 N–H and O–H groups in total. The summed E-state index contributed by atoms with van der Waals surface area (Å²) in [4.78, 5) is 24.5. The van der Waals surface area contributed by atoms with Crippen LogP contribution in [0.1, 0.15) is 23.5 Å². The minimum atomic E-state index is 0.0833. The van der Waals surface area contributed by atoms with E-state index in [1.807, 2.05) is 13.0 Å². The number of rotatable bonds is 3. The van der Waals surface area contributed by atoms with Crippen LogP contribution in [0.25, 0.3) is 0 Å². The Bertz CT molecular complexity index is 797. The van der Waals surface area contributed by atoms with E-state index in [0.717, 1.165) is 55.5 Å². The summed E-state index contributed by atoms with van der Waals surface area (Å²) >= 11 is 0. The molecular weight excluding hydrogens is 332 g/mol. The highest BCUT2D eigenvalue weighted by molar-refractivity contribution is 5.78. The monoisotopic (exact) mass is 356 g/mol. The molecule has 138 valence electrons. The Balaban J connectivity index is 1.51. The molecule has 0 saturated carbocycles. The highest BCUT2D eigenvalue weighted by Gasteiger charge is 2.21. The maximum atomic E-state index is 11.6. The number of nitrogens with zero attached hydrogens (tertiary/aromatic N) is 6. The summed E-state index contributed by atoms with van der Waals surface area (Å²) in [6.45, 7) is 7.15. The Kier molecular flexibility index (Phi) is 4.46. The van der Waals surface area contributed by atoms with Crippen LogP contribution in [0.2, 0.25) is 0 Å². The van der Waals surface area contributed by atoms with Gasteiger partial charge < -0.3 is 16.0 Å². The van der Waals surface area contributed by atoms with Crippen LogP contribution in [0.4, 0.5) is 11.8 Å². The Hall–Kier alpha value is -2.68. The van der Waals surface area contributed by atoms with Crippen molar-refractivity contribution in [1.82, 2.24) is 30.0 Å². The average Bonchev–Trinajstić information content (AvgIpc) is 2.83. The number of nitrogen functional groups attached to an aromatic ring is 1. The van der Waals surface area contributed by atoms with E-state index in [2.05, 4.69) is 35.8 Å². The number of hydrogen-bond donors (Lipinski definition) is 2. The number of piperazine rings is 1. The number of amides is 1. The standard InChI is InChI=1S/C17H24N8O/c1-12-7-15(21-17(18)20-12)24-4-2-5-25-14(10-24)8-13(22-25)9-23-6-3-19-16(26)11-23/h7-8H,2-6,9-11H2,1H3,(H,19,26)(H2,18,20,21). The van der Waals surface area contributed by atoms with Crippen molar-refractivity contribution in [3.05, 3.63) is 29.2 Å². The fraction of sp³-hybridized carbons (Fsp3) is 0.529. The van der Waals surface area contributed by atoms with E-state index in [-0.39, 0.29) is 5.91 Å². The maximum Gasteiger partial charge on any atom is 0.234 e. The van der Waals surface area contributed by atoms with Crippen LogP contribution >= 0.6 is 0 Å². The van der Waals surface area contributed by atoms with Gasteiger partial charge in [0.2, 0.25) is 11.9 Å². The SMILES string of the molecule is Cc1cc(N2CCCn3nc(CN4CCNC(=O)C4)cc3C2)nc(N)n1. The van der Waals surface area contributed by atoms with E-state index < -0.39 is 0 Å². The Labute approximate surface area is 152 Å². The smallest absolute Gasteiger partial charge is 0.234 e. The summed E-state index contributed by atoms with van der Waals surface area (Å²) in [5.74, 6) is 1.25. The number of aromatic nitrogens is 4. The van der Waals surface area contributed by atoms with Gasteiger partial charge >= 0.3 is 0 Å². The van der Waals surface area contributed by atoms with Gasteiger partial charge in [0.1, 0.15) is 5.82 Å². The second kappa shape index (κ2) is 6.91. The third-order valence-corrected chi connectivity index (χ3v) is 4.75. The molecule has 0 bridgehead atoms. The van der Waals surface area contributed by atoms with Crippen molar-refractivity contribution in [2.24, 2.45) is 0 Å². The second-order valence-corrected chi connectivity index (χ2v) is 6.91. The highest BCUT2D eigenvalue weighted by atomic mass is 16.2. The van der Waals surface area contributed by atoms with Crippen molar-refractivity contribution in [3.63, 3.8) is 0 Å². The molecule has 2 aliphatic rings. The average molecular weight is 356 g/mol. The summed E-state index contributed by atoms with van der Waals surface area (Å²) < 4.78 is 2.08. The van der Waals surface area contributed by atoms with Crippen LogP contribution in [0.3, 0.4) is 0 Å². The largest absolute Gasteiger partial charge is 0.368 e. The van der Waals surface area contributed by atoms with Gasteiger partial charge in [-0.15, -0.1) is 0 Å². The lowest BCUT2D eigenvalue weighted by atomic mass is 10.3. The van der Waals surface area contributed by atoms with Gasteiger partial charge in [0.05, 0.1) is 24.5 Å². The number of anilines is 2. The van der Waals surface area contributed by atoms with Gasteiger partial charge in [-0.2, -0.15) is 10.1 Å². The molecule has 26 heavy (non-hydrogen) atoms. The number of aryl methyl sites for hydroxylation is 2. The van der Waals surface area contributed by atoms with Crippen molar-refractivity contribution in [1.29, 1.82) is 0 Å². The first kappa shape index (κ1) is 16.8. The molecule has 0 spiro atoms. The van der Waals surface area contributed by atoms with Gasteiger partial charge in [-0.25, -0.2) is 4.98 Å². The van der Waals surface area contributed by atoms with Crippen LogP contribution in [-0.2, 0) is 24.4 Å². The lowest BCUT2D eigenvalue weighted by molar-refractivity contribution is -0.124. The normalized spacial score (nSPS) is 18.3. The molecule has 1 fully saturated rings. The molecule has 4 heterocycles. The van der Waals surface area contributed by atoms with E-state index in [4.69, 9.17) is 10.8 Å². The van der Waals surface area contributed by atoms with Gasteiger partial charge in [0, 0.05) is 44.5 Å². The van der Waals surface area contributed by atoms with E-state index in [1.165, 1.54) is 0 Å². The zero-order valence-corrected chi connectivity index (χ0v) is 15.0. The molecule has 0 radical (unpaired) electrons. The Morgan fingerprint density at radius 3 is 2.88 bits per heavy atom. The lowest BCUT2D eigenvalue weighted by Crippen LogP contribution is -2.47. The first-order chi connectivity index (χ1) is 12.6. The van der Waals surface area contributed by atoms with Crippen molar-refractivity contribution < 1.29 is 4.79 Å². The molecule has 2 aromatic rings. The summed E-state index contributed by atoms with van der Waals surface area (Å²) in [5.41, 5.74) is 8.85. The van der Waals surface area contributed by atoms with Gasteiger partial charge in [0.15, 0.2) is 0 Å². The molecule has 4 rings (SSSR count). The number of hydrogen-bond acceptors (Lipinski definition) is 7. The molecule has 9 nitrogen and oxygen atoms in total. The number of nitrogens with two attached hydrogens (primary N) is 1. The van der Waals surface area contributed by atoms with Crippen LogP contribution in [0.15, 0.2) is 12.1 Å². The van der Waals surface area contributed by atoms with Crippen LogP contribution in [-0.4, -0.2) is 56.7 Å². The zero-order valence-electron chi connectivity index (χ0n) is 15.0. The van der Waals surface area contributed by atoms with Crippen LogP contribution in [0, 0.1) is 6.92 Å². The van der Waals surface area contributed by atoms with Crippen molar-refractivity contribution >= 4 is 17.7 Å². The fourth-order valence-corrected chi connectivity index (χ4v) is 3.59. The molecule has 2 aliphatic heterocycles.